The Morgan fingerprint density at radius 1 is 0.569 bits per heavy atom. The summed E-state index contributed by atoms with van der Waals surface area (Å²) in [5, 5.41) is 184. The molecule has 17 rings (SSSR count). The number of aliphatic hydroxyl groups excluding tert-OH is 9. The summed E-state index contributed by atoms with van der Waals surface area (Å²) in [6, 6.07) is 0.827. The Bertz CT molecular complexity index is 5930. The molecule has 9 amide bonds. The van der Waals surface area contributed by atoms with Crippen LogP contribution in [0.1, 0.15) is 146 Å². The highest BCUT2D eigenvalue weighted by Crippen LogP contribution is 2.55. The number of terminal acetylenes is 1. The van der Waals surface area contributed by atoms with Gasteiger partial charge in [0.05, 0.1) is 29.8 Å². The van der Waals surface area contributed by atoms with Gasteiger partial charge >= 0.3 is 5.97 Å². The van der Waals surface area contributed by atoms with E-state index in [1.165, 1.54) is 30.3 Å². The average molecular weight is 1940 g/mol. The van der Waals surface area contributed by atoms with E-state index < -0.39 is 327 Å². The van der Waals surface area contributed by atoms with Gasteiger partial charge in [0.15, 0.2) is 47.7 Å². The average Bonchev–Trinajstić information content (AvgIpc) is 1.55. The van der Waals surface area contributed by atoms with Crippen LogP contribution in [0.2, 0.25) is 10.0 Å². The second kappa shape index (κ2) is 40.9. The third-order valence-corrected chi connectivity index (χ3v) is 25.2. The van der Waals surface area contributed by atoms with Gasteiger partial charge in [-0.05, 0) is 141 Å². The first kappa shape index (κ1) is 98.8. The van der Waals surface area contributed by atoms with Crippen molar-refractivity contribution in [1.82, 2.24) is 47.9 Å². The number of hydrogen-bond donors (Lipinski definition) is 24. The molecule has 1 aliphatic carbocycles. The van der Waals surface area contributed by atoms with E-state index in [0.29, 0.717) is 18.8 Å². The number of nitrogens with one attached hydrogen (secondary N) is 9. The van der Waals surface area contributed by atoms with Crippen molar-refractivity contribution < 1.29 is 162 Å². The smallest absolute Gasteiger partial charge is 0.330 e. The normalized spacial score (nSPS) is 29.5. The molecule has 0 radical (unpaired) electrons. The zero-order valence-electron chi connectivity index (χ0n) is 72.8. The van der Waals surface area contributed by atoms with Crippen molar-refractivity contribution in [3.05, 3.63) is 175 Å². The van der Waals surface area contributed by atoms with Gasteiger partial charge in [0.1, 0.15) is 138 Å². The number of aliphatic carboxylic acids is 1. The van der Waals surface area contributed by atoms with Crippen LogP contribution < -0.4 is 72.5 Å². The third kappa shape index (κ3) is 20.5. The number of nitrogens with two attached hydrogens (primary N) is 1. The Hall–Kier alpha value is -12.7. The summed E-state index contributed by atoms with van der Waals surface area (Å²) in [4.78, 5) is 153. The maximum Gasteiger partial charge on any atom is 0.330 e. The fourth-order valence-electron chi connectivity index (χ4n) is 17.5. The molecule has 137 heavy (non-hydrogen) atoms. The molecule has 1 unspecified atom stereocenters. The summed E-state index contributed by atoms with van der Waals surface area (Å²) in [5.74, 6) is -19.9. The second-order valence-corrected chi connectivity index (χ2v) is 35.3. The zero-order chi connectivity index (χ0) is 98.4. The van der Waals surface area contributed by atoms with E-state index in [1.54, 1.807) is 0 Å². The number of carbonyl (C=O) groups is 10. The maximum absolute atomic E-state index is 17.2. The fourth-order valence-corrected chi connectivity index (χ4v) is 18.0. The Labute approximate surface area is 788 Å². The number of fused-ring (bicyclic) bond motifs is 11. The molecule has 7 aromatic carbocycles. The number of phenolic OH excluding ortho intramolecular Hbond substituents is 3. The van der Waals surface area contributed by atoms with E-state index in [0.717, 1.165) is 111 Å². The molecule has 24 atom stereocenters. The minimum absolute atomic E-state index is 0.0172. The molecule has 0 spiro atoms. The number of carboxylic acids is 1. The summed E-state index contributed by atoms with van der Waals surface area (Å²) < 4.78 is 57.8. The molecule has 3 saturated heterocycles. The van der Waals surface area contributed by atoms with Crippen molar-refractivity contribution in [3.63, 3.8) is 0 Å². The SMILES string of the molecule is C#CCNC(=O)[C@H]1O[C@@H](Oc2c3cc4cc2Oc2ccc(cc2Cl)[C@@H](O[C@@H]2O[C@H](CO)[C@@H](O)[C@H](O)[C@H]2NC(C)=O)[C@@H]2NC(=O)[C@H](NC(=O)[C@@H]4NC(=O)[C@H]4NC(=O)[C@@H](Cc5ccc(c(Cl)c5)O3)NC(=O)[C@H](N)c3ccc(O)c(c3)Oc3cc(O)cc4c3)c3ccc4c(c3)-c3c(cc(O)cc3C4(O)O[C@H]3O[C@H](CO)[C@@H](O)[C@H](O)[C@@H]3O)[C@@H](C(=O)O)NC2=O)[C@H](NC(=O)CCCCCCC(C)C)[C@@H](O)[C@@H]1O. The van der Waals surface area contributed by atoms with Gasteiger partial charge in [0.25, 0.3) is 5.91 Å². The molecule has 0 saturated carbocycles. The Morgan fingerprint density at radius 3 is 1.82 bits per heavy atom. The number of rotatable bonds is 20. The maximum atomic E-state index is 17.2. The van der Waals surface area contributed by atoms with Crippen molar-refractivity contribution in [2.24, 2.45) is 11.7 Å². The van der Waals surface area contributed by atoms with Gasteiger partial charge in [-0.25, -0.2) is 4.79 Å². The zero-order valence-corrected chi connectivity index (χ0v) is 74.3. The largest absolute Gasteiger partial charge is 0.508 e. The van der Waals surface area contributed by atoms with Gasteiger partial charge in [0, 0.05) is 37.0 Å². The van der Waals surface area contributed by atoms with Crippen molar-refractivity contribution in [3.8, 4) is 81.0 Å². The Balaban J connectivity index is 0.997. The number of halogens is 2. The minimum atomic E-state index is -3.19. The number of ether oxygens (including phenoxy) is 9. The van der Waals surface area contributed by atoms with E-state index in [-0.39, 0.29) is 39.8 Å². The molecule has 43 nitrogen and oxygen atoms in total. The van der Waals surface area contributed by atoms with Gasteiger partial charge in [-0.15, -0.1) is 6.42 Å². The first-order chi connectivity index (χ1) is 65.2. The van der Waals surface area contributed by atoms with Crippen LogP contribution in [0.3, 0.4) is 0 Å². The van der Waals surface area contributed by atoms with Crippen LogP contribution in [0.25, 0.3) is 11.1 Å². The highest BCUT2D eigenvalue weighted by atomic mass is 35.5. The second-order valence-electron chi connectivity index (χ2n) is 34.5. The molecule has 25 N–H and O–H groups in total. The Morgan fingerprint density at radius 2 is 1.17 bits per heavy atom. The summed E-state index contributed by atoms with van der Waals surface area (Å²) >= 11 is 14.8. The highest BCUT2D eigenvalue weighted by molar-refractivity contribution is 6.32. The fraction of sp³-hybridized carbons (Fsp3) is 0.413. The molecule has 0 aromatic heterocycles. The van der Waals surface area contributed by atoms with Crippen LogP contribution in [0, 0.1) is 18.3 Å². The summed E-state index contributed by atoms with van der Waals surface area (Å²) in [6.07, 6.45) is -21.7. The number of phenols is 3. The number of aromatic hydroxyl groups is 3. The van der Waals surface area contributed by atoms with E-state index >= 15 is 24.0 Å². The van der Waals surface area contributed by atoms with Gasteiger partial charge in [-0.2, -0.15) is 0 Å². The predicted octanol–water partition coefficient (Wildman–Crippen LogP) is 0.216. The monoisotopic (exact) mass is 1940 g/mol. The molecule has 10 aliphatic rings. The van der Waals surface area contributed by atoms with Crippen molar-refractivity contribution in [2.45, 2.75) is 212 Å². The number of amides is 9. The number of benzene rings is 7. The minimum Gasteiger partial charge on any atom is -0.508 e. The van der Waals surface area contributed by atoms with Crippen molar-refractivity contribution >= 4 is 82.3 Å². The van der Waals surface area contributed by atoms with Crippen LogP contribution in [0.15, 0.2) is 115 Å². The van der Waals surface area contributed by atoms with Gasteiger partial charge < -0.3 is 168 Å². The lowest BCUT2D eigenvalue weighted by molar-refractivity contribution is -0.355. The molecule has 17 bridgehead atoms. The van der Waals surface area contributed by atoms with Gasteiger partial charge in [-0.3, -0.25) is 43.2 Å². The predicted molar refractivity (Wildman–Crippen MR) is 470 cm³/mol. The molecule has 3 fully saturated rings. The molecular weight excluding hydrogens is 1840 g/mol. The lowest BCUT2D eigenvalue weighted by atomic mass is 9.90. The van der Waals surface area contributed by atoms with Crippen LogP contribution in [-0.4, -0.2) is 254 Å². The van der Waals surface area contributed by atoms with Crippen molar-refractivity contribution in [1.29, 1.82) is 0 Å². The molecule has 45 heteroatoms. The number of aliphatic hydroxyl groups is 10. The first-order valence-electron chi connectivity index (χ1n) is 43.5. The molecule has 7 aromatic rings. The third-order valence-electron chi connectivity index (χ3n) is 24.6. The molecular formula is C92H98Cl2N10O33. The molecule has 728 valence electrons. The van der Waals surface area contributed by atoms with Crippen LogP contribution in [-0.2, 0) is 83.8 Å². The summed E-state index contributed by atoms with van der Waals surface area (Å²) in [6.45, 7) is 2.48. The summed E-state index contributed by atoms with van der Waals surface area (Å²) in [5.41, 5.74) is 2.19. The molecule has 9 aliphatic heterocycles. The lowest BCUT2D eigenvalue weighted by Gasteiger charge is -2.44. The van der Waals surface area contributed by atoms with Crippen molar-refractivity contribution in [2.75, 3.05) is 19.8 Å². The standard InChI is InChI=1S/C92H98Cl2N10O33/c1-5-20-96-87(125)80-76(117)74(115)69(99-61(111)11-9-7-6-8-10-35(2)3)90(136-80)135-79-57-28-42-29-58(79)131-55-19-15-40(26-51(55)94)78(134-89-68(97-36(4)107)73(114)71(112)59(33-105)132-89)70-86(124)103-67(88(126)127)47-31-44(109)32-49-62(47)46-25-39(13-16-48(46)92(49,128)137-91-77(118)75(116)72(113)60(34-106)133-91)64(83(121)104-70)101-85(123)66(42)102-84(122)65-41-23-43(108)30-45(24-41)129-56-27-38(14-17-53(56)110)63(95)82(120)98-52(81(119)100-65)22-37-12-18-54(130-57)50(93)21-37/h1,12-19,21,23-32,35,52,59-60,63-78,80,89-91,105-106,108-110,112-118,128H,6-11,20,22,33-34,95H2,2-4H3,(H,96,125)(H,97,107)(H,98,120)(H,99,111)(H,100,119)(H,101,123)(H,102,122)(H,103,124)(H,104,121)(H,126,127)/t52-,59-,60-,63-,64-,65+,66-,67+,68-,69-,70+,71-,72-,73-,74-,75+,76+,77+,78-,80+,89+,90-,91-,92?/m1/s1. The van der Waals surface area contributed by atoms with Crippen LogP contribution in [0.4, 0.5) is 0 Å². The van der Waals surface area contributed by atoms with Crippen LogP contribution in [0.5, 0.6) is 57.5 Å². The summed E-state index contributed by atoms with van der Waals surface area (Å²) in [7, 11) is 0. The first-order valence-corrected chi connectivity index (χ1v) is 44.2. The number of unbranched alkanes of at least 4 members (excludes halogenated alkanes) is 3. The van der Waals surface area contributed by atoms with E-state index in [2.05, 4.69) is 67.6 Å². The van der Waals surface area contributed by atoms with E-state index in [4.69, 9.17) is 78.0 Å². The molecule has 9 heterocycles. The number of carbonyl (C=O) groups excluding carboxylic acids is 9. The van der Waals surface area contributed by atoms with Gasteiger partial charge in [-0.1, -0.05) is 99.0 Å². The topological polar surface area (TPSA) is 671 Å². The van der Waals surface area contributed by atoms with Crippen LogP contribution >= 0.6 is 23.2 Å². The highest BCUT2D eigenvalue weighted by Gasteiger charge is 2.56. The number of hydrogen-bond acceptors (Lipinski definition) is 33. The quantitative estimate of drug-likeness (QED) is 0.0276. The van der Waals surface area contributed by atoms with E-state index in [1.807, 2.05) is 0 Å². The number of carboxylic acid groups (broad SMARTS) is 1. The lowest BCUT2D eigenvalue weighted by Crippen LogP contribution is -2.67. The van der Waals surface area contributed by atoms with E-state index in [9.17, 15) is 95.5 Å². The van der Waals surface area contributed by atoms with Gasteiger partial charge in [0.2, 0.25) is 65.1 Å². The Kier molecular flexibility index (Phi) is 29.5.